The molecule has 15 heavy (non-hydrogen) atoms. The first kappa shape index (κ1) is 14.1. The van der Waals surface area contributed by atoms with Crippen molar-refractivity contribution >= 4 is 27.6 Å². The lowest BCUT2D eigenvalue weighted by Crippen LogP contribution is -2.09. The second kappa shape index (κ2) is 7.40. The van der Waals surface area contributed by atoms with Gasteiger partial charge in [-0.2, -0.15) is 0 Å². The van der Waals surface area contributed by atoms with Crippen LogP contribution in [0.2, 0.25) is 0 Å². The molecule has 0 aliphatic rings. The molecule has 1 aromatic rings. The Kier molecular flexibility index (Phi) is 6.96. The van der Waals surface area contributed by atoms with Crippen molar-refractivity contribution in [1.29, 1.82) is 0 Å². The van der Waals surface area contributed by atoms with Gasteiger partial charge in [0.05, 0.1) is 5.84 Å². The minimum atomic E-state index is 0.853. The van der Waals surface area contributed by atoms with Crippen molar-refractivity contribution in [2.75, 3.05) is 12.4 Å². The predicted octanol–water partition coefficient (Wildman–Crippen LogP) is 3.64. The number of rotatable bonds is 1. The maximum Gasteiger partial charge on any atom is 0.134 e. The van der Waals surface area contributed by atoms with E-state index in [-0.39, 0.29) is 0 Å². The molecular formula is C11H18BrN3. The average Bonchev–Trinajstić information content (AvgIpc) is 2.25. The molecule has 0 aromatic carbocycles. The molecule has 4 heteroatoms. The standard InChI is InChI=1S/C9H12BrN3.C2H6/c1-6-4-8(10)5-12-9(6)13-7(2)11-3;1-2/h4-5H,1-3H3,(H,11,12,13);1-2H3. The summed E-state index contributed by atoms with van der Waals surface area (Å²) < 4.78 is 0.988. The van der Waals surface area contributed by atoms with Crippen molar-refractivity contribution in [1.82, 2.24) is 4.98 Å². The van der Waals surface area contributed by atoms with Crippen LogP contribution in [-0.2, 0) is 0 Å². The van der Waals surface area contributed by atoms with E-state index in [1.807, 2.05) is 33.8 Å². The van der Waals surface area contributed by atoms with Gasteiger partial charge in [0, 0.05) is 17.7 Å². The van der Waals surface area contributed by atoms with Crippen molar-refractivity contribution in [3.8, 4) is 0 Å². The molecular weight excluding hydrogens is 254 g/mol. The number of nitrogens with one attached hydrogen (secondary N) is 1. The molecule has 0 unspecified atom stereocenters. The van der Waals surface area contributed by atoms with Gasteiger partial charge in [-0.25, -0.2) is 4.98 Å². The van der Waals surface area contributed by atoms with E-state index in [0.717, 1.165) is 21.7 Å². The molecule has 0 saturated heterocycles. The zero-order valence-electron chi connectivity index (χ0n) is 9.93. The monoisotopic (exact) mass is 271 g/mol. The topological polar surface area (TPSA) is 37.3 Å². The number of pyridine rings is 1. The van der Waals surface area contributed by atoms with Crippen LogP contribution in [0.15, 0.2) is 21.7 Å². The van der Waals surface area contributed by atoms with Crippen LogP contribution < -0.4 is 5.32 Å². The zero-order chi connectivity index (χ0) is 11.8. The molecule has 0 bridgehead atoms. The Morgan fingerprint density at radius 3 is 2.53 bits per heavy atom. The number of hydrogen-bond donors (Lipinski definition) is 1. The molecule has 0 atom stereocenters. The van der Waals surface area contributed by atoms with Crippen molar-refractivity contribution < 1.29 is 0 Å². The summed E-state index contributed by atoms with van der Waals surface area (Å²) in [4.78, 5) is 8.23. The van der Waals surface area contributed by atoms with E-state index < -0.39 is 0 Å². The smallest absolute Gasteiger partial charge is 0.134 e. The summed E-state index contributed by atoms with van der Waals surface area (Å²) >= 11 is 3.36. The van der Waals surface area contributed by atoms with Gasteiger partial charge in [0.1, 0.15) is 5.82 Å². The number of aryl methyl sites for hydroxylation is 1. The van der Waals surface area contributed by atoms with E-state index in [1.54, 1.807) is 13.2 Å². The van der Waals surface area contributed by atoms with Crippen LogP contribution in [0.4, 0.5) is 5.82 Å². The third kappa shape index (κ3) is 4.93. The highest BCUT2D eigenvalue weighted by Crippen LogP contribution is 2.16. The molecule has 0 spiro atoms. The van der Waals surface area contributed by atoms with Crippen molar-refractivity contribution in [3.63, 3.8) is 0 Å². The molecule has 0 aliphatic carbocycles. The van der Waals surface area contributed by atoms with E-state index in [2.05, 4.69) is 31.2 Å². The van der Waals surface area contributed by atoms with Gasteiger partial charge in [0.25, 0.3) is 0 Å². The zero-order valence-corrected chi connectivity index (χ0v) is 11.5. The summed E-state index contributed by atoms with van der Waals surface area (Å²) in [6, 6.07) is 2.01. The Bertz CT molecular complexity index is 335. The first-order valence-corrected chi connectivity index (χ1v) is 5.75. The summed E-state index contributed by atoms with van der Waals surface area (Å²) in [6.07, 6.45) is 1.76. The van der Waals surface area contributed by atoms with Gasteiger partial charge < -0.3 is 5.32 Å². The highest BCUT2D eigenvalue weighted by atomic mass is 79.9. The maximum atomic E-state index is 4.23. The van der Waals surface area contributed by atoms with Gasteiger partial charge in [-0.15, -0.1) is 0 Å². The van der Waals surface area contributed by atoms with Gasteiger partial charge in [-0.3, -0.25) is 4.99 Å². The van der Waals surface area contributed by atoms with E-state index in [1.165, 1.54) is 0 Å². The average molecular weight is 272 g/mol. The van der Waals surface area contributed by atoms with Gasteiger partial charge in [-0.1, -0.05) is 13.8 Å². The molecule has 0 radical (unpaired) electrons. The number of anilines is 1. The van der Waals surface area contributed by atoms with Gasteiger partial charge in [0.15, 0.2) is 0 Å². The van der Waals surface area contributed by atoms with E-state index in [9.17, 15) is 0 Å². The van der Waals surface area contributed by atoms with Crippen LogP contribution in [0.25, 0.3) is 0 Å². The summed E-state index contributed by atoms with van der Waals surface area (Å²) in [7, 11) is 1.75. The SMILES string of the molecule is CC.CN=C(C)Nc1ncc(Br)cc1C. The highest BCUT2D eigenvalue weighted by Gasteiger charge is 2.00. The number of aliphatic imine (C=N–C) groups is 1. The van der Waals surface area contributed by atoms with Crippen LogP contribution in [0.1, 0.15) is 26.3 Å². The normalized spacial score (nSPS) is 10.4. The lowest BCUT2D eigenvalue weighted by atomic mass is 10.3. The molecule has 1 aromatic heterocycles. The Hall–Kier alpha value is -0.900. The second-order valence-corrected chi connectivity index (χ2v) is 3.67. The fraction of sp³-hybridized carbons (Fsp3) is 0.455. The molecule has 0 saturated carbocycles. The minimum Gasteiger partial charge on any atom is -0.329 e. The van der Waals surface area contributed by atoms with Crippen molar-refractivity contribution in [3.05, 3.63) is 22.3 Å². The number of amidine groups is 1. The van der Waals surface area contributed by atoms with Crippen LogP contribution >= 0.6 is 15.9 Å². The summed E-state index contributed by atoms with van der Waals surface area (Å²) in [5.74, 6) is 1.71. The number of hydrogen-bond acceptors (Lipinski definition) is 2. The number of halogens is 1. The summed E-state index contributed by atoms with van der Waals surface area (Å²) in [6.45, 7) is 7.91. The maximum absolute atomic E-state index is 4.23. The number of aromatic nitrogens is 1. The fourth-order valence-electron chi connectivity index (χ4n) is 0.899. The lowest BCUT2D eigenvalue weighted by Gasteiger charge is -2.06. The van der Waals surface area contributed by atoms with Crippen molar-refractivity contribution in [2.24, 2.45) is 4.99 Å². The third-order valence-electron chi connectivity index (χ3n) is 1.68. The molecule has 1 N–H and O–H groups in total. The van der Waals surface area contributed by atoms with Crippen LogP contribution in [0.5, 0.6) is 0 Å². The first-order valence-electron chi connectivity index (χ1n) is 4.96. The summed E-state index contributed by atoms with van der Waals surface area (Å²) in [5, 5.41) is 3.11. The molecule has 1 rings (SSSR count). The Morgan fingerprint density at radius 2 is 2.07 bits per heavy atom. The third-order valence-corrected chi connectivity index (χ3v) is 2.11. The molecule has 0 fully saturated rings. The fourth-order valence-corrected chi connectivity index (χ4v) is 1.34. The first-order chi connectivity index (χ1) is 7.13. The van der Waals surface area contributed by atoms with E-state index in [0.29, 0.717) is 0 Å². The van der Waals surface area contributed by atoms with Gasteiger partial charge in [0.2, 0.25) is 0 Å². The van der Waals surface area contributed by atoms with Crippen LogP contribution in [-0.4, -0.2) is 17.9 Å². The Labute approximate surface area is 100 Å². The summed E-state index contributed by atoms with van der Waals surface area (Å²) in [5.41, 5.74) is 1.09. The molecule has 0 amide bonds. The highest BCUT2D eigenvalue weighted by molar-refractivity contribution is 9.10. The van der Waals surface area contributed by atoms with E-state index in [4.69, 9.17) is 0 Å². The Balaban J connectivity index is 0.000000921. The van der Waals surface area contributed by atoms with Crippen LogP contribution in [0.3, 0.4) is 0 Å². The van der Waals surface area contributed by atoms with Crippen LogP contribution in [0, 0.1) is 6.92 Å². The Morgan fingerprint density at radius 1 is 1.47 bits per heavy atom. The lowest BCUT2D eigenvalue weighted by molar-refractivity contribution is 1.24. The minimum absolute atomic E-state index is 0.853. The molecule has 1 heterocycles. The largest absolute Gasteiger partial charge is 0.329 e. The van der Waals surface area contributed by atoms with Crippen molar-refractivity contribution in [2.45, 2.75) is 27.7 Å². The quantitative estimate of drug-likeness (QED) is 0.626. The molecule has 84 valence electrons. The second-order valence-electron chi connectivity index (χ2n) is 2.75. The molecule has 3 nitrogen and oxygen atoms in total. The molecule has 0 aliphatic heterocycles. The van der Waals surface area contributed by atoms with E-state index >= 15 is 0 Å². The van der Waals surface area contributed by atoms with Gasteiger partial charge in [-0.05, 0) is 41.4 Å². The number of nitrogens with zero attached hydrogens (tertiary/aromatic N) is 2. The van der Waals surface area contributed by atoms with Gasteiger partial charge >= 0.3 is 0 Å². The predicted molar refractivity (Wildman–Crippen MR) is 70.7 cm³/mol.